The number of nitrogens with zero attached hydrogens (tertiary/aromatic N) is 2. The van der Waals surface area contributed by atoms with Gasteiger partial charge < -0.3 is 14.4 Å². The number of carbonyl (C=O) groups excluding carboxylic acids is 2. The molecule has 23 heavy (non-hydrogen) atoms. The molecule has 0 fully saturated rings. The zero-order valence-electron chi connectivity index (χ0n) is 13.3. The highest BCUT2D eigenvalue weighted by Gasteiger charge is 2.13. The number of benzene rings is 1. The van der Waals surface area contributed by atoms with Crippen LogP contribution < -0.4 is 0 Å². The molecule has 0 radical (unpaired) electrons. The van der Waals surface area contributed by atoms with Crippen molar-refractivity contribution in [1.82, 2.24) is 4.90 Å². The monoisotopic (exact) mass is 316 g/mol. The average molecular weight is 316 g/mol. The van der Waals surface area contributed by atoms with Crippen molar-refractivity contribution < 1.29 is 19.1 Å². The molecule has 6 nitrogen and oxygen atoms in total. The van der Waals surface area contributed by atoms with Gasteiger partial charge in [-0.3, -0.25) is 4.79 Å². The Bertz CT molecular complexity index is 590. The molecule has 122 valence electrons. The molecule has 0 saturated heterocycles. The maximum absolute atomic E-state index is 11.5. The van der Waals surface area contributed by atoms with E-state index in [2.05, 4.69) is 4.74 Å². The van der Waals surface area contributed by atoms with Crippen LogP contribution in [0.5, 0.6) is 0 Å². The molecule has 0 unspecified atom stereocenters. The molecule has 1 aromatic rings. The molecule has 0 heterocycles. The third-order valence-corrected chi connectivity index (χ3v) is 2.97. The van der Waals surface area contributed by atoms with E-state index in [1.54, 1.807) is 11.8 Å². The van der Waals surface area contributed by atoms with Gasteiger partial charge in [0.15, 0.2) is 5.57 Å². The van der Waals surface area contributed by atoms with Crippen LogP contribution in [0, 0.1) is 11.3 Å². The smallest absolute Gasteiger partial charge is 0.350 e. The maximum Gasteiger partial charge on any atom is 0.350 e. The van der Waals surface area contributed by atoms with Crippen molar-refractivity contribution in [1.29, 1.82) is 5.26 Å². The Morgan fingerprint density at radius 3 is 2.57 bits per heavy atom. The van der Waals surface area contributed by atoms with Crippen LogP contribution in [0.25, 0.3) is 0 Å². The van der Waals surface area contributed by atoms with Gasteiger partial charge in [0.25, 0.3) is 0 Å². The number of rotatable bonds is 8. The van der Waals surface area contributed by atoms with Crippen LogP contribution in [0.1, 0.15) is 18.9 Å². The van der Waals surface area contributed by atoms with Gasteiger partial charge in [-0.15, -0.1) is 0 Å². The maximum atomic E-state index is 11.5. The summed E-state index contributed by atoms with van der Waals surface area (Å²) in [5, 5.41) is 9.07. The van der Waals surface area contributed by atoms with Gasteiger partial charge in [-0.25, -0.2) is 4.79 Å². The Morgan fingerprint density at radius 1 is 1.30 bits per heavy atom. The van der Waals surface area contributed by atoms with E-state index >= 15 is 0 Å². The van der Waals surface area contributed by atoms with Gasteiger partial charge in [-0.2, -0.15) is 5.26 Å². The third kappa shape index (κ3) is 6.66. The largest absolute Gasteiger partial charge is 0.466 e. The molecule has 0 aliphatic carbocycles. The van der Waals surface area contributed by atoms with Crippen LogP contribution in [-0.4, -0.2) is 37.1 Å². The molecule has 0 bridgehead atoms. The summed E-state index contributed by atoms with van der Waals surface area (Å²) in [4.78, 5) is 24.8. The second-order valence-corrected chi connectivity index (χ2v) is 4.66. The van der Waals surface area contributed by atoms with Crippen molar-refractivity contribution in [2.24, 2.45) is 0 Å². The quantitative estimate of drug-likeness (QED) is 0.415. The average Bonchev–Trinajstić information content (AvgIpc) is 2.57. The lowest BCUT2D eigenvalue weighted by Gasteiger charge is -2.20. The van der Waals surface area contributed by atoms with E-state index in [0.717, 1.165) is 5.56 Å². The van der Waals surface area contributed by atoms with Crippen molar-refractivity contribution in [3.8, 4) is 6.07 Å². The molecule has 0 saturated carbocycles. The van der Waals surface area contributed by atoms with Crippen LogP contribution in [0.4, 0.5) is 0 Å². The van der Waals surface area contributed by atoms with Crippen LogP contribution >= 0.6 is 0 Å². The Morgan fingerprint density at radius 2 is 2.00 bits per heavy atom. The zero-order valence-corrected chi connectivity index (χ0v) is 13.3. The minimum Gasteiger partial charge on any atom is -0.466 e. The first kappa shape index (κ1) is 18.2. The number of carbonyl (C=O) groups is 2. The first-order valence-corrected chi connectivity index (χ1v) is 7.24. The highest BCUT2D eigenvalue weighted by molar-refractivity contribution is 5.92. The molecular formula is C17H20N2O4. The van der Waals surface area contributed by atoms with Gasteiger partial charge in [0.1, 0.15) is 6.07 Å². The van der Waals surface area contributed by atoms with Crippen molar-refractivity contribution in [2.75, 3.05) is 20.3 Å². The van der Waals surface area contributed by atoms with Crippen LogP contribution in [-0.2, 0) is 25.6 Å². The summed E-state index contributed by atoms with van der Waals surface area (Å²) in [5.74, 6) is -1.03. The molecule has 1 aromatic carbocycles. The zero-order chi connectivity index (χ0) is 17.1. The lowest BCUT2D eigenvalue weighted by atomic mass is 10.2. The van der Waals surface area contributed by atoms with Crippen LogP contribution in [0.15, 0.2) is 42.1 Å². The summed E-state index contributed by atoms with van der Waals surface area (Å²) in [6.45, 7) is 2.85. The predicted octanol–water partition coefficient (Wildman–Crippen LogP) is 2.02. The molecule has 0 spiro atoms. The molecule has 0 aromatic heterocycles. The van der Waals surface area contributed by atoms with Gasteiger partial charge in [-0.1, -0.05) is 30.3 Å². The minimum absolute atomic E-state index is 0.118. The molecule has 0 amide bonds. The van der Waals surface area contributed by atoms with E-state index in [9.17, 15) is 9.59 Å². The molecule has 1 rings (SSSR count). The lowest BCUT2D eigenvalue weighted by Crippen LogP contribution is -2.23. The second kappa shape index (κ2) is 10.0. The van der Waals surface area contributed by atoms with Crippen molar-refractivity contribution in [3.63, 3.8) is 0 Å². The van der Waals surface area contributed by atoms with Gasteiger partial charge >= 0.3 is 11.9 Å². The summed E-state index contributed by atoms with van der Waals surface area (Å²) in [7, 11) is 1.22. The fourth-order valence-electron chi connectivity index (χ4n) is 1.89. The minimum atomic E-state index is -0.707. The van der Waals surface area contributed by atoms with Gasteiger partial charge in [0.2, 0.25) is 0 Å². The van der Waals surface area contributed by atoms with Gasteiger partial charge in [-0.05, 0) is 12.5 Å². The number of ether oxygens (including phenoxy) is 2. The van der Waals surface area contributed by atoms with E-state index in [-0.39, 0.29) is 18.0 Å². The first-order valence-electron chi connectivity index (χ1n) is 7.24. The van der Waals surface area contributed by atoms with Gasteiger partial charge in [0, 0.05) is 19.3 Å². The van der Waals surface area contributed by atoms with E-state index in [4.69, 9.17) is 10.00 Å². The number of hydrogen-bond acceptors (Lipinski definition) is 6. The molecule has 0 atom stereocenters. The van der Waals surface area contributed by atoms with E-state index in [1.807, 2.05) is 36.4 Å². The molecule has 6 heteroatoms. The second-order valence-electron chi connectivity index (χ2n) is 4.66. The number of hydrogen-bond donors (Lipinski definition) is 0. The highest BCUT2D eigenvalue weighted by Crippen LogP contribution is 2.09. The highest BCUT2D eigenvalue weighted by atomic mass is 16.5. The van der Waals surface area contributed by atoms with Crippen molar-refractivity contribution in [3.05, 3.63) is 47.7 Å². The van der Waals surface area contributed by atoms with E-state index in [0.29, 0.717) is 19.7 Å². The first-order chi connectivity index (χ1) is 11.1. The number of nitriles is 1. The Kier molecular flexibility index (Phi) is 7.94. The number of methoxy groups -OCH3 is 1. The lowest BCUT2D eigenvalue weighted by molar-refractivity contribution is -0.143. The van der Waals surface area contributed by atoms with Crippen LogP contribution in [0.2, 0.25) is 0 Å². The van der Waals surface area contributed by atoms with E-state index < -0.39 is 5.97 Å². The standard InChI is InChI=1S/C17H20N2O4/c1-3-23-16(20)9-10-19(12-14-7-5-4-6-8-14)13-15(11-18)17(21)22-2/h4-8,13H,3,9-10,12H2,1-2H3/b15-13+. The Labute approximate surface area is 135 Å². The summed E-state index contributed by atoms with van der Waals surface area (Å²) in [6.07, 6.45) is 1.58. The molecule has 0 aliphatic rings. The fraction of sp³-hybridized carbons (Fsp3) is 0.353. The van der Waals surface area contributed by atoms with Gasteiger partial charge in [0.05, 0.1) is 20.1 Å². The summed E-state index contributed by atoms with van der Waals surface area (Å²) >= 11 is 0. The summed E-state index contributed by atoms with van der Waals surface area (Å²) in [6, 6.07) is 11.4. The molecule has 0 aliphatic heterocycles. The van der Waals surface area contributed by atoms with E-state index in [1.165, 1.54) is 13.3 Å². The van der Waals surface area contributed by atoms with Crippen molar-refractivity contribution in [2.45, 2.75) is 19.9 Å². The van der Waals surface area contributed by atoms with Crippen LogP contribution in [0.3, 0.4) is 0 Å². The topological polar surface area (TPSA) is 79.6 Å². The molecular weight excluding hydrogens is 296 g/mol. The number of esters is 2. The van der Waals surface area contributed by atoms with Crippen molar-refractivity contribution >= 4 is 11.9 Å². The Hall–Kier alpha value is -2.81. The predicted molar refractivity (Wildman–Crippen MR) is 83.8 cm³/mol. The summed E-state index contributed by atoms with van der Waals surface area (Å²) in [5.41, 5.74) is 0.877. The normalized spacial score (nSPS) is 10.6. The Balaban J connectivity index is 2.87. The molecule has 0 N–H and O–H groups in total. The summed E-state index contributed by atoms with van der Waals surface area (Å²) < 4.78 is 9.47. The SMILES string of the molecule is CCOC(=O)CCN(/C=C(\C#N)C(=O)OC)Cc1ccccc1. The fourth-order valence-corrected chi connectivity index (χ4v) is 1.89. The third-order valence-electron chi connectivity index (χ3n) is 2.97.